The molecular weight excluding hydrogens is 324 g/mol. The SMILES string of the molecule is Cc1ccc(C)c(S(=O)(=O)N2CC[C@H](n3cc(C4CC4)nn3)C2)c1. The molecule has 0 spiro atoms. The molecule has 2 fully saturated rings. The Morgan fingerprint density at radius 2 is 1.96 bits per heavy atom. The van der Waals surface area contributed by atoms with E-state index >= 15 is 0 Å². The lowest BCUT2D eigenvalue weighted by atomic mass is 10.2. The van der Waals surface area contributed by atoms with Crippen LogP contribution in [0.4, 0.5) is 0 Å². The van der Waals surface area contributed by atoms with Crippen molar-refractivity contribution in [2.45, 2.75) is 50.0 Å². The van der Waals surface area contributed by atoms with Crippen LogP contribution >= 0.6 is 0 Å². The van der Waals surface area contributed by atoms with Crippen LogP contribution < -0.4 is 0 Å². The van der Waals surface area contributed by atoms with Crippen LogP contribution in [-0.4, -0.2) is 40.8 Å². The highest BCUT2D eigenvalue weighted by atomic mass is 32.2. The Kier molecular flexibility index (Phi) is 3.73. The van der Waals surface area contributed by atoms with Gasteiger partial charge in [-0.2, -0.15) is 4.31 Å². The van der Waals surface area contributed by atoms with E-state index in [9.17, 15) is 8.42 Å². The smallest absolute Gasteiger partial charge is 0.243 e. The van der Waals surface area contributed by atoms with Crippen molar-refractivity contribution in [2.75, 3.05) is 13.1 Å². The van der Waals surface area contributed by atoms with E-state index in [4.69, 9.17) is 0 Å². The molecule has 2 aromatic rings. The molecule has 24 heavy (non-hydrogen) atoms. The number of rotatable bonds is 4. The lowest BCUT2D eigenvalue weighted by Crippen LogP contribution is -2.30. The molecule has 2 heterocycles. The van der Waals surface area contributed by atoms with Gasteiger partial charge in [0.05, 0.1) is 16.6 Å². The van der Waals surface area contributed by atoms with Crippen LogP contribution in [0.3, 0.4) is 0 Å². The zero-order valence-corrected chi connectivity index (χ0v) is 14.8. The highest BCUT2D eigenvalue weighted by Gasteiger charge is 2.35. The minimum atomic E-state index is -3.46. The van der Waals surface area contributed by atoms with Crippen molar-refractivity contribution in [1.82, 2.24) is 19.3 Å². The molecule has 1 aliphatic carbocycles. The molecule has 0 amide bonds. The first kappa shape index (κ1) is 15.8. The van der Waals surface area contributed by atoms with E-state index in [0.717, 1.165) is 23.2 Å². The Morgan fingerprint density at radius 3 is 2.71 bits per heavy atom. The number of aryl methyl sites for hydroxylation is 2. The maximum absolute atomic E-state index is 13.0. The van der Waals surface area contributed by atoms with Crippen molar-refractivity contribution in [1.29, 1.82) is 0 Å². The van der Waals surface area contributed by atoms with Crippen molar-refractivity contribution in [3.8, 4) is 0 Å². The molecule has 2 aliphatic rings. The average Bonchev–Trinajstić information content (AvgIpc) is 3.09. The monoisotopic (exact) mass is 346 g/mol. The highest BCUT2D eigenvalue weighted by molar-refractivity contribution is 7.89. The number of nitrogens with zero attached hydrogens (tertiary/aromatic N) is 4. The molecule has 0 N–H and O–H groups in total. The normalized spacial score (nSPS) is 22.2. The van der Waals surface area contributed by atoms with Crippen molar-refractivity contribution in [3.63, 3.8) is 0 Å². The van der Waals surface area contributed by atoms with Crippen LogP contribution in [0.2, 0.25) is 0 Å². The largest absolute Gasteiger partial charge is 0.248 e. The fourth-order valence-electron chi connectivity index (χ4n) is 3.30. The minimum Gasteiger partial charge on any atom is -0.248 e. The Hall–Kier alpha value is -1.73. The van der Waals surface area contributed by atoms with E-state index in [0.29, 0.717) is 23.9 Å². The molecular formula is C17H22N4O2S. The molecule has 1 atom stereocenters. The Labute approximate surface area is 142 Å². The first-order valence-corrected chi connectivity index (χ1v) is 9.88. The van der Waals surface area contributed by atoms with Crippen LogP contribution in [0.1, 0.15) is 48.0 Å². The summed E-state index contributed by atoms with van der Waals surface area (Å²) in [6, 6.07) is 5.65. The van der Waals surface area contributed by atoms with E-state index in [1.807, 2.05) is 36.9 Å². The zero-order valence-electron chi connectivity index (χ0n) is 14.0. The van der Waals surface area contributed by atoms with Gasteiger partial charge in [0.2, 0.25) is 10.0 Å². The Balaban J connectivity index is 1.55. The predicted molar refractivity (Wildman–Crippen MR) is 90.3 cm³/mol. The summed E-state index contributed by atoms with van der Waals surface area (Å²) >= 11 is 0. The van der Waals surface area contributed by atoms with Crippen molar-refractivity contribution >= 4 is 10.0 Å². The number of sulfonamides is 1. The molecule has 1 aromatic heterocycles. The maximum Gasteiger partial charge on any atom is 0.243 e. The van der Waals surface area contributed by atoms with Crippen LogP contribution in [-0.2, 0) is 10.0 Å². The van der Waals surface area contributed by atoms with Gasteiger partial charge in [0.15, 0.2) is 0 Å². The van der Waals surface area contributed by atoms with Gasteiger partial charge in [-0.25, -0.2) is 13.1 Å². The predicted octanol–water partition coefficient (Wildman–Crippen LogP) is 2.41. The highest BCUT2D eigenvalue weighted by Crippen LogP contribution is 2.39. The molecule has 128 valence electrons. The Bertz CT molecular complexity index is 870. The molecule has 6 nitrogen and oxygen atoms in total. The van der Waals surface area contributed by atoms with Crippen molar-refractivity contribution in [3.05, 3.63) is 41.2 Å². The minimum absolute atomic E-state index is 0.0740. The van der Waals surface area contributed by atoms with Crippen molar-refractivity contribution < 1.29 is 8.42 Å². The molecule has 4 rings (SSSR count). The quantitative estimate of drug-likeness (QED) is 0.852. The summed E-state index contributed by atoms with van der Waals surface area (Å²) in [7, 11) is -3.46. The molecule has 1 aromatic carbocycles. The molecule has 1 saturated heterocycles. The molecule has 1 aliphatic heterocycles. The van der Waals surface area contributed by atoms with Crippen molar-refractivity contribution in [2.24, 2.45) is 0 Å². The van der Waals surface area contributed by atoms with Gasteiger partial charge < -0.3 is 0 Å². The summed E-state index contributed by atoms with van der Waals surface area (Å²) in [5.74, 6) is 0.565. The van der Waals surface area contributed by atoms with Gasteiger partial charge in [0, 0.05) is 25.2 Å². The fraction of sp³-hybridized carbons (Fsp3) is 0.529. The van der Waals surface area contributed by atoms with Crippen LogP contribution in [0.5, 0.6) is 0 Å². The lowest BCUT2D eigenvalue weighted by Gasteiger charge is -2.18. The van der Waals surface area contributed by atoms with Crippen LogP contribution in [0.15, 0.2) is 29.3 Å². The van der Waals surface area contributed by atoms with Gasteiger partial charge in [-0.3, -0.25) is 0 Å². The molecule has 1 saturated carbocycles. The molecule has 0 unspecified atom stereocenters. The standard InChI is InChI=1S/C17H22N4O2S/c1-12-3-4-13(2)17(9-12)24(22,23)20-8-7-15(10-20)21-11-16(18-19-21)14-5-6-14/h3-4,9,11,14-15H,5-8,10H2,1-2H3/t15-/m0/s1. The van der Waals surface area contributed by atoms with Crippen LogP contribution in [0, 0.1) is 13.8 Å². The lowest BCUT2D eigenvalue weighted by molar-refractivity contribution is 0.428. The second-order valence-corrected chi connectivity index (χ2v) is 8.88. The summed E-state index contributed by atoms with van der Waals surface area (Å²) in [6.45, 7) is 4.75. The van der Waals surface area contributed by atoms with E-state index < -0.39 is 10.0 Å². The molecule has 7 heteroatoms. The summed E-state index contributed by atoms with van der Waals surface area (Å²) in [4.78, 5) is 0.417. The molecule has 0 radical (unpaired) electrons. The average molecular weight is 346 g/mol. The summed E-state index contributed by atoms with van der Waals surface area (Å²) in [5.41, 5.74) is 2.80. The topological polar surface area (TPSA) is 68.1 Å². The maximum atomic E-state index is 13.0. The van der Waals surface area contributed by atoms with Gasteiger partial charge in [-0.15, -0.1) is 5.10 Å². The zero-order chi connectivity index (χ0) is 16.9. The third kappa shape index (κ3) is 2.75. The summed E-state index contributed by atoms with van der Waals surface area (Å²) in [6.07, 6.45) is 5.15. The van der Waals surface area contributed by atoms with Gasteiger partial charge in [0.1, 0.15) is 0 Å². The van der Waals surface area contributed by atoms with Gasteiger partial charge >= 0.3 is 0 Å². The molecule has 0 bridgehead atoms. The Morgan fingerprint density at radius 1 is 1.17 bits per heavy atom. The van der Waals surface area contributed by atoms with Gasteiger partial charge in [-0.1, -0.05) is 17.3 Å². The van der Waals surface area contributed by atoms with Crippen LogP contribution in [0.25, 0.3) is 0 Å². The third-order valence-electron chi connectivity index (χ3n) is 4.99. The number of benzene rings is 1. The second-order valence-electron chi connectivity index (χ2n) is 6.97. The number of aromatic nitrogens is 3. The first-order chi connectivity index (χ1) is 11.4. The summed E-state index contributed by atoms with van der Waals surface area (Å²) < 4.78 is 29.4. The number of hydrogen-bond acceptors (Lipinski definition) is 4. The fourth-order valence-corrected chi connectivity index (χ4v) is 5.11. The van der Waals surface area contributed by atoms with E-state index in [-0.39, 0.29) is 6.04 Å². The third-order valence-corrected chi connectivity index (χ3v) is 6.99. The first-order valence-electron chi connectivity index (χ1n) is 8.44. The van der Waals surface area contributed by atoms with Gasteiger partial charge in [0.25, 0.3) is 0 Å². The summed E-state index contributed by atoms with van der Waals surface area (Å²) in [5, 5.41) is 8.46. The van der Waals surface area contributed by atoms with E-state index in [2.05, 4.69) is 10.3 Å². The van der Waals surface area contributed by atoms with E-state index in [1.54, 1.807) is 10.4 Å². The number of hydrogen-bond donors (Lipinski definition) is 0. The van der Waals surface area contributed by atoms with E-state index in [1.165, 1.54) is 12.8 Å². The van der Waals surface area contributed by atoms with Gasteiger partial charge in [-0.05, 0) is 50.3 Å². The second kappa shape index (κ2) is 5.67.